The number of thiazole rings is 1. The molecule has 2 amide bonds. The van der Waals surface area contributed by atoms with E-state index in [-0.39, 0.29) is 29.4 Å². The van der Waals surface area contributed by atoms with Gasteiger partial charge in [0.2, 0.25) is 5.91 Å². The number of hydrogen-bond acceptors (Lipinski definition) is 5. The predicted molar refractivity (Wildman–Crippen MR) is 110 cm³/mol. The summed E-state index contributed by atoms with van der Waals surface area (Å²) in [5, 5.41) is 5.80. The molecular formula is C21H26FN3O3S. The van der Waals surface area contributed by atoms with Crippen molar-refractivity contribution in [1.82, 2.24) is 15.2 Å². The number of hydrogen-bond donors (Lipinski definition) is 1. The fraction of sp³-hybridized carbons (Fsp3) is 0.476. The van der Waals surface area contributed by atoms with Crippen LogP contribution in [0.5, 0.6) is 5.75 Å². The van der Waals surface area contributed by atoms with Gasteiger partial charge in [0.1, 0.15) is 0 Å². The number of rotatable bonds is 6. The van der Waals surface area contributed by atoms with Gasteiger partial charge >= 0.3 is 0 Å². The quantitative estimate of drug-likeness (QED) is 0.777. The van der Waals surface area contributed by atoms with E-state index in [9.17, 15) is 14.0 Å². The molecule has 156 valence electrons. The fourth-order valence-corrected chi connectivity index (χ4v) is 4.27. The Kier molecular flexibility index (Phi) is 6.84. The minimum Gasteiger partial charge on any atom is -0.494 e. The lowest BCUT2D eigenvalue weighted by Gasteiger charge is -2.32. The van der Waals surface area contributed by atoms with E-state index >= 15 is 0 Å². The van der Waals surface area contributed by atoms with Gasteiger partial charge in [-0.3, -0.25) is 9.59 Å². The summed E-state index contributed by atoms with van der Waals surface area (Å²) in [6.07, 6.45) is 1.82. The van der Waals surface area contributed by atoms with E-state index in [1.807, 2.05) is 19.2 Å². The van der Waals surface area contributed by atoms with Crippen molar-refractivity contribution in [3.63, 3.8) is 0 Å². The smallest absolute Gasteiger partial charge is 0.253 e. The van der Waals surface area contributed by atoms with Gasteiger partial charge in [-0.2, -0.15) is 0 Å². The molecule has 0 radical (unpaired) electrons. The number of nitrogens with zero attached hydrogens (tertiary/aromatic N) is 2. The number of amides is 2. The minimum absolute atomic E-state index is 0.000659. The Morgan fingerprint density at radius 1 is 1.41 bits per heavy atom. The summed E-state index contributed by atoms with van der Waals surface area (Å²) in [7, 11) is 1.39. The van der Waals surface area contributed by atoms with Crippen LogP contribution in [0, 0.1) is 11.7 Å². The lowest BCUT2D eigenvalue weighted by molar-refractivity contribution is -0.124. The van der Waals surface area contributed by atoms with Gasteiger partial charge in [0.25, 0.3) is 5.91 Å². The van der Waals surface area contributed by atoms with Crippen LogP contribution in [0.3, 0.4) is 0 Å². The Balaban J connectivity index is 1.64. The van der Waals surface area contributed by atoms with E-state index in [0.29, 0.717) is 25.2 Å². The van der Waals surface area contributed by atoms with Crippen LogP contribution in [-0.2, 0) is 11.3 Å². The average molecular weight is 420 g/mol. The number of likely N-dealkylation sites (tertiary alicyclic amines) is 1. The number of ether oxygens (including phenoxy) is 1. The molecule has 29 heavy (non-hydrogen) atoms. The second kappa shape index (κ2) is 9.35. The number of carbonyl (C=O) groups is 2. The third kappa shape index (κ3) is 5.12. The highest BCUT2D eigenvalue weighted by Gasteiger charge is 2.27. The molecule has 1 atom stereocenters. The Bertz CT molecular complexity index is 884. The summed E-state index contributed by atoms with van der Waals surface area (Å²) in [4.78, 5) is 31.0. The lowest BCUT2D eigenvalue weighted by Crippen LogP contribution is -2.39. The second-order valence-electron chi connectivity index (χ2n) is 7.49. The van der Waals surface area contributed by atoms with Crippen molar-refractivity contribution >= 4 is 23.2 Å². The highest BCUT2D eigenvalue weighted by molar-refractivity contribution is 7.09. The van der Waals surface area contributed by atoms with Gasteiger partial charge in [-0.1, -0.05) is 13.8 Å². The molecule has 1 N–H and O–H groups in total. The minimum atomic E-state index is -0.542. The highest BCUT2D eigenvalue weighted by Crippen LogP contribution is 2.30. The zero-order valence-electron chi connectivity index (χ0n) is 16.9. The highest BCUT2D eigenvalue weighted by atomic mass is 32.1. The van der Waals surface area contributed by atoms with Gasteiger partial charge in [-0.05, 0) is 31.0 Å². The van der Waals surface area contributed by atoms with Crippen LogP contribution in [0.2, 0.25) is 0 Å². The molecule has 1 aromatic carbocycles. The van der Waals surface area contributed by atoms with Crippen molar-refractivity contribution in [2.24, 2.45) is 5.92 Å². The molecule has 3 rings (SSSR count). The maximum absolute atomic E-state index is 14.0. The van der Waals surface area contributed by atoms with Crippen LogP contribution in [0.4, 0.5) is 4.39 Å². The maximum Gasteiger partial charge on any atom is 0.253 e. The first-order chi connectivity index (χ1) is 13.9. The first-order valence-corrected chi connectivity index (χ1v) is 10.6. The molecular weight excluding hydrogens is 393 g/mol. The fourth-order valence-electron chi connectivity index (χ4n) is 3.32. The van der Waals surface area contributed by atoms with E-state index in [1.165, 1.54) is 19.2 Å². The number of benzene rings is 1. The van der Waals surface area contributed by atoms with E-state index in [0.717, 1.165) is 23.5 Å². The molecule has 2 aromatic rings. The summed E-state index contributed by atoms with van der Waals surface area (Å²) in [5.41, 5.74) is 1.15. The topological polar surface area (TPSA) is 71.5 Å². The molecule has 6 nitrogen and oxygen atoms in total. The normalized spacial score (nSPS) is 16.7. The standard InChI is InChI=1S/C21H26FN3O3S/c1-13(2)19(26)23-10-16-12-29-20(24-16)15-5-4-8-25(11-15)21(27)14-6-7-18(28-3)17(22)9-14/h6-7,9,12-13,15H,4-5,8,10-11H2,1-3H3,(H,23,26). The molecule has 1 aliphatic heterocycles. The van der Waals surface area contributed by atoms with Crippen LogP contribution in [-0.4, -0.2) is 41.9 Å². The molecule has 0 aliphatic carbocycles. The van der Waals surface area contributed by atoms with Gasteiger partial charge in [0, 0.05) is 35.9 Å². The van der Waals surface area contributed by atoms with Gasteiger partial charge in [-0.25, -0.2) is 9.37 Å². The first kappa shape index (κ1) is 21.2. The molecule has 0 spiro atoms. The number of carbonyl (C=O) groups excluding carboxylic acids is 2. The number of halogens is 1. The Labute approximate surface area is 174 Å². The first-order valence-electron chi connectivity index (χ1n) is 9.74. The molecule has 0 saturated carbocycles. The van der Waals surface area contributed by atoms with Crippen molar-refractivity contribution in [3.05, 3.63) is 45.7 Å². The largest absolute Gasteiger partial charge is 0.494 e. The number of aromatic nitrogens is 1. The average Bonchev–Trinajstić information content (AvgIpc) is 3.20. The van der Waals surface area contributed by atoms with E-state index in [2.05, 4.69) is 10.3 Å². The number of nitrogens with one attached hydrogen (secondary N) is 1. The molecule has 1 saturated heterocycles. The summed E-state index contributed by atoms with van der Waals surface area (Å²) >= 11 is 1.56. The molecule has 1 unspecified atom stereocenters. The van der Waals surface area contributed by atoms with E-state index in [4.69, 9.17) is 4.74 Å². The number of piperidine rings is 1. The van der Waals surface area contributed by atoms with Gasteiger partial charge in [0.05, 0.1) is 24.4 Å². The van der Waals surface area contributed by atoms with Crippen LogP contribution in [0.25, 0.3) is 0 Å². The van der Waals surface area contributed by atoms with Crippen molar-refractivity contribution in [2.45, 2.75) is 39.2 Å². The molecule has 2 heterocycles. The second-order valence-corrected chi connectivity index (χ2v) is 8.38. The lowest BCUT2D eigenvalue weighted by atomic mass is 9.98. The van der Waals surface area contributed by atoms with Crippen LogP contribution >= 0.6 is 11.3 Å². The van der Waals surface area contributed by atoms with Gasteiger partial charge < -0.3 is 15.0 Å². The monoisotopic (exact) mass is 419 g/mol. The predicted octanol–water partition coefficient (Wildman–Crippen LogP) is 3.58. The third-order valence-corrected chi connectivity index (χ3v) is 6.05. The van der Waals surface area contributed by atoms with Gasteiger partial charge in [0.15, 0.2) is 11.6 Å². The molecule has 1 aromatic heterocycles. The summed E-state index contributed by atoms with van der Waals surface area (Å²) in [6.45, 7) is 5.31. The molecule has 8 heteroatoms. The Hall–Kier alpha value is -2.48. The third-order valence-electron chi connectivity index (χ3n) is 4.99. The zero-order valence-corrected chi connectivity index (χ0v) is 17.7. The summed E-state index contributed by atoms with van der Waals surface area (Å²) < 4.78 is 18.9. The van der Waals surface area contributed by atoms with Crippen LogP contribution in [0.1, 0.15) is 53.7 Å². The Morgan fingerprint density at radius 2 is 2.21 bits per heavy atom. The van der Waals surface area contributed by atoms with E-state index < -0.39 is 5.82 Å². The summed E-state index contributed by atoms with van der Waals surface area (Å²) in [5.74, 6) is -0.514. The molecule has 0 bridgehead atoms. The van der Waals surface area contributed by atoms with Crippen molar-refractivity contribution < 1.29 is 18.7 Å². The molecule has 1 aliphatic rings. The van der Waals surface area contributed by atoms with Crippen LogP contribution in [0.15, 0.2) is 23.6 Å². The molecule has 1 fully saturated rings. The van der Waals surface area contributed by atoms with Crippen molar-refractivity contribution in [2.75, 3.05) is 20.2 Å². The number of methoxy groups -OCH3 is 1. The maximum atomic E-state index is 14.0. The van der Waals surface area contributed by atoms with Crippen molar-refractivity contribution in [1.29, 1.82) is 0 Å². The van der Waals surface area contributed by atoms with E-state index in [1.54, 1.807) is 22.3 Å². The SMILES string of the molecule is COc1ccc(C(=O)N2CCCC(c3nc(CNC(=O)C(C)C)cs3)C2)cc1F. The van der Waals surface area contributed by atoms with Crippen LogP contribution < -0.4 is 10.1 Å². The van der Waals surface area contributed by atoms with Crippen molar-refractivity contribution in [3.8, 4) is 5.75 Å². The zero-order chi connectivity index (χ0) is 21.0. The summed E-state index contributed by atoms with van der Waals surface area (Å²) in [6, 6.07) is 4.29. The van der Waals surface area contributed by atoms with Gasteiger partial charge in [-0.15, -0.1) is 11.3 Å². The Morgan fingerprint density at radius 3 is 2.90 bits per heavy atom.